The van der Waals surface area contributed by atoms with Crippen LogP contribution in [0.15, 0.2) is 53.6 Å². The smallest absolute Gasteiger partial charge is 0.261 e. The molecule has 1 aromatic heterocycles. The second kappa shape index (κ2) is 9.74. The second-order valence-electron chi connectivity index (χ2n) is 7.84. The predicted octanol–water partition coefficient (Wildman–Crippen LogP) is 1.88. The molecule has 166 valence electrons. The van der Waals surface area contributed by atoms with Crippen LogP contribution in [0.25, 0.3) is 10.9 Å². The van der Waals surface area contributed by atoms with Gasteiger partial charge in [0.2, 0.25) is 5.91 Å². The Morgan fingerprint density at radius 1 is 1.09 bits per heavy atom. The highest BCUT2D eigenvalue weighted by Crippen LogP contribution is 2.12. The molecule has 0 atom stereocenters. The van der Waals surface area contributed by atoms with Gasteiger partial charge in [-0.25, -0.2) is 4.98 Å². The highest BCUT2D eigenvalue weighted by molar-refractivity contribution is 5.94. The minimum absolute atomic E-state index is 0.00600. The van der Waals surface area contributed by atoms with Gasteiger partial charge in [0.05, 0.1) is 30.4 Å². The van der Waals surface area contributed by atoms with E-state index >= 15 is 0 Å². The van der Waals surface area contributed by atoms with Crippen molar-refractivity contribution in [1.82, 2.24) is 19.8 Å². The standard InChI is InChI=1S/C24H26N4O4/c1-17-3-2-4-20-22(17)26-16-28(24(20)31)10-9-21(29)25-15-18-5-7-19(8-6-18)23(30)27-11-13-32-14-12-27/h2-8,16H,9-15H2,1H3,(H,25,29). The van der Waals surface area contributed by atoms with E-state index in [1.165, 1.54) is 10.9 Å². The van der Waals surface area contributed by atoms with E-state index in [2.05, 4.69) is 10.3 Å². The molecular formula is C24H26N4O4. The average Bonchev–Trinajstić information content (AvgIpc) is 2.83. The summed E-state index contributed by atoms with van der Waals surface area (Å²) in [6.45, 7) is 4.87. The highest BCUT2D eigenvalue weighted by Gasteiger charge is 2.18. The monoisotopic (exact) mass is 434 g/mol. The molecule has 0 saturated carbocycles. The molecule has 8 heteroatoms. The van der Waals surface area contributed by atoms with Crippen molar-refractivity contribution < 1.29 is 14.3 Å². The van der Waals surface area contributed by atoms with Crippen molar-refractivity contribution in [2.24, 2.45) is 0 Å². The molecule has 1 N–H and O–H groups in total. The Hall–Kier alpha value is -3.52. The molecule has 0 unspecified atom stereocenters. The molecule has 2 amide bonds. The zero-order valence-electron chi connectivity index (χ0n) is 18.0. The van der Waals surface area contributed by atoms with Crippen LogP contribution in [-0.2, 0) is 22.6 Å². The minimum atomic E-state index is -0.158. The number of aryl methyl sites for hydroxylation is 2. The number of hydrogen-bond acceptors (Lipinski definition) is 5. The third kappa shape index (κ3) is 4.86. The first-order valence-corrected chi connectivity index (χ1v) is 10.7. The SMILES string of the molecule is Cc1cccc2c(=O)n(CCC(=O)NCc3ccc(C(=O)N4CCOCC4)cc3)cnc12. The number of benzene rings is 2. The predicted molar refractivity (Wildman–Crippen MR) is 120 cm³/mol. The summed E-state index contributed by atoms with van der Waals surface area (Å²) in [6.07, 6.45) is 1.67. The van der Waals surface area contributed by atoms with Gasteiger partial charge >= 0.3 is 0 Å². The topological polar surface area (TPSA) is 93.5 Å². The second-order valence-corrected chi connectivity index (χ2v) is 7.84. The summed E-state index contributed by atoms with van der Waals surface area (Å²) in [7, 11) is 0. The van der Waals surface area contributed by atoms with Crippen LogP contribution in [0.4, 0.5) is 0 Å². The number of nitrogens with one attached hydrogen (secondary N) is 1. The maximum atomic E-state index is 12.6. The molecule has 1 fully saturated rings. The number of carbonyl (C=O) groups is 2. The quantitative estimate of drug-likeness (QED) is 0.640. The van der Waals surface area contributed by atoms with Crippen molar-refractivity contribution in [2.45, 2.75) is 26.4 Å². The van der Waals surface area contributed by atoms with E-state index in [0.29, 0.717) is 49.3 Å². The lowest BCUT2D eigenvalue weighted by Crippen LogP contribution is -2.40. The number of nitrogens with zero attached hydrogens (tertiary/aromatic N) is 3. The Morgan fingerprint density at radius 3 is 2.59 bits per heavy atom. The van der Waals surface area contributed by atoms with Gasteiger partial charge in [0.15, 0.2) is 0 Å². The Balaban J connectivity index is 1.30. The third-order valence-electron chi connectivity index (χ3n) is 5.62. The van der Waals surface area contributed by atoms with Gasteiger partial charge in [-0.3, -0.25) is 19.0 Å². The van der Waals surface area contributed by atoms with Gasteiger partial charge < -0.3 is 15.0 Å². The Kier molecular flexibility index (Phi) is 6.61. The summed E-state index contributed by atoms with van der Waals surface area (Å²) >= 11 is 0. The fourth-order valence-corrected chi connectivity index (χ4v) is 3.72. The molecule has 2 aromatic carbocycles. The number of rotatable bonds is 6. The lowest BCUT2D eigenvalue weighted by atomic mass is 10.1. The van der Waals surface area contributed by atoms with Crippen LogP contribution >= 0.6 is 0 Å². The van der Waals surface area contributed by atoms with E-state index in [0.717, 1.165) is 11.1 Å². The van der Waals surface area contributed by atoms with Crippen molar-refractivity contribution in [2.75, 3.05) is 26.3 Å². The fourth-order valence-electron chi connectivity index (χ4n) is 3.72. The molecule has 1 saturated heterocycles. The van der Waals surface area contributed by atoms with E-state index in [-0.39, 0.29) is 30.3 Å². The van der Waals surface area contributed by atoms with Gasteiger partial charge in [0.1, 0.15) is 0 Å². The average molecular weight is 434 g/mol. The van der Waals surface area contributed by atoms with Crippen LogP contribution < -0.4 is 10.9 Å². The lowest BCUT2D eigenvalue weighted by molar-refractivity contribution is -0.121. The Bertz CT molecular complexity index is 1180. The number of amides is 2. The van der Waals surface area contributed by atoms with E-state index < -0.39 is 0 Å². The molecule has 1 aliphatic heterocycles. The van der Waals surface area contributed by atoms with Crippen LogP contribution in [0.5, 0.6) is 0 Å². The Labute approximate surface area is 185 Å². The first-order valence-electron chi connectivity index (χ1n) is 10.7. The van der Waals surface area contributed by atoms with E-state index in [4.69, 9.17) is 4.74 Å². The first-order chi connectivity index (χ1) is 15.5. The molecule has 3 aromatic rings. The number of fused-ring (bicyclic) bond motifs is 1. The van der Waals surface area contributed by atoms with Gasteiger partial charge in [0, 0.05) is 38.2 Å². The molecule has 32 heavy (non-hydrogen) atoms. The van der Waals surface area contributed by atoms with Crippen LogP contribution in [0, 0.1) is 6.92 Å². The lowest BCUT2D eigenvalue weighted by Gasteiger charge is -2.26. The molecule has 0 bridgehead atoms. The maximum absolute atomic E-state index is 12.6. The van der Waals surface area contributed by atoms with Gasteiger partial charge in [-0.15, -0.1) is 0 Å². The van der Waals surface area contributed by atoms with Crippen LogP contribution in [0.1, 0.15) is 27.9 Å². The van der Waals surface area contributed by atoms with E-state index in [1.54, 1.807) is 23.1 Å². The number of para-hydroxylation sites is 1. The van der Waals surface area contributed by atoms with Crippen molar-refractivity contribution in [3.05, 3.63) is 75.8 Å². The zero-order valence-corrected chi connectivity index (χ0v) is 18.0. The Morgan fingerprint density at radius 2 is 1.84 bits per heavy atom. The van der Waals surface area contributed by atoms with E-state index in [9.17, 15) is 14.4 Å². The highest BCUT2D eigenvalue weighted by atomic mass is 16.5. The van der Waals surface area contributed by atoms with Crippen molar-refractivity contribution in [1.29, 1.82) is 0 Å². The number of morpholine rings is 1. The first kappa shape index (κ1) is 21.7. The van der Waals surface area contributed by atoms with Crippen molar-refractivity contribution >= 4 is 22.7 Å². The number of hydrogen-bond donors (Lipinski definition) is 1. The van der Waals surface area contributed by atoms with Crippen molar-refractivity contribution in [3.63, 3.8) is 0 Å². The van der Waals surface area contributed by atoms with Gasteiger partial charge in [0.25, 0.3) is 11.5 Å². The van der Waals surface area contributed by atoms with Crippen LogP contribution in [-0.4, -0.2) is 52.6 Å². The molecule has 1 aliphatic rings. The van der Waals surface area contributed by atoms with Gasteiger partial charge in [-0.1, -0.05) is 24.3 Å². The molecule has 2 heterocycles. The maximum Gasteiger partial charge on any atom is 0.261 e. The number of aromatic nitrogens is 2. The third-order valence-corrected chi connectivity index (χ3v) is 5.62. The molecule has 0 radical (unpaired) electrons. The summed E-state index contributed by atoms with van der Waals surface area (Å²) in [5.41, 5.74) is 3.01. The number of carbonyl (C=O) groups excluding carboxylic acids is 2. The summed E-state index contributed by atoms with van der Waals surface area (Å²) < 4.78 is 6.75. The number of ether oxygens (including phenoxy) is 1. The molecule has 0 spiro atoms. The van der Waals surface area contributed by atoms with Crippen LogP contribution in [0.2, 0.25) is 0 Å². The molecular weight excluding hydrogens is 408 g/mol. The minimum Gasteiger partial charge on any atom is -0.378 e. The zero-order chi connectivity index (χ0) is 22.5. The molecule has 4 rings (SSSR count). The summed E-state index contributed by atoms with van der Waals surface area (Å²) in [6, 6.07) is 12.7. The molecule has 0 aliphatic carbocycles. The van der Waals surface area contributed by atoms with Gasteiger partial charge in [-0.2, -0.15) is 0 Å². The summed E-state index contributed by atoms with van der Waals surface area (Å²) in [4.78, 5) is 43.5. The van der Waals surface area contributed by atoms with Crippen LogP contribution in [0.3, 0.4) is 0 Å². The van der Waals surface area contributed by atoms with Gasteiger partial charge in [-0.05, 0) is 36.2 Å². The largest absolute Gasteiger partial charge is 0.378 e. The summed E-state index contributed by atoms with van der Waals surface area (Å²) in [5.74, 6) is -0.164. The fraction of sp³-hybridized carbons (Fsp3) is 0.333. The van der Waals surface area contributed by atoms with E-state index in [1.807, 2.05) is 31.2 Å². The molecule has 8 nitrogen and oxygen atoms in total. The summed E-state index contributed by atoms with van der Waals surface area (Å²) in [5, 5.41) is 3.42. The normalized spacial score (nSPS) is 13.8. The van der Waals surface area contributed by atoms with Crippen molar-refractivity contribution in [3.8, 4) is 0 Å².